The van der Waals surface area contributed by atoms with Crippen LogP contribution in [-0.4, -0.2) is 52.7 Å². The van der Waals surface area contributed by atoms with E-state index in [4.69, 9.17) is 4.74 Å². The summed E-state index contributed by atoms with van der Waals surface area (Å²) in [5.41, 5.74) is 0.569. The van der Waals surface area contributed by atoms with E-state index in [0.29, 0.717) is 47.9 Å². The molecule has 0 unspecified atom stereocenters. The molecule has 10 nitrogen and oxygen atoms in total. The predicted octanol–water partition coefficient (Wildman–Crippen LogP) is 2.95. The van der Waals surface area contributed by atoms with Gasteiger partial charge in [0.05, 0.1) is 21.7 Å². The van der Waals surface area contributed by atoms with E-state index < -0.39 is 11.0 Å². The van der Waals surface area contributed by atoms with Gasteiger partial charge in [0.1, 0.15) is 0 Å². The van der Waals surface area contributed by atoms with Gasteiger partial charge < -0.3 is 15.0 Å². The predicted molar refractivity (Wildman–Crippen MR) is 100 cm³/mol. The molecule has 0 atom stereocenters. The van der Waals surface area contributed by atoms with Crippen LogP contribution in [0.5, 0.6) is 0 Å². The van der Waals surface area contributed by atoms with E-state index in [9.17, 15) is 19.7 Å². The molecule has 0 aliphatic carbocycles. The Morgan fingerprint density at radius 2 is 2.15 bits per heavy atom. The fourth-order valence-corrected chi connectivity index (χ4v) is 3.71. The van der Waals surface area contributed by atoms with E-state index in [0.717, 1.165) is 0 Å². The van der Waals surface area contributed by atoms with Crippen molar-refractivity contribution in [2.75, 3.05) is 25.0 Å². The summed E-state index contributed by atoms with van der Waals surface area (Å²) in [5, 5.41) is 16.7. The number of nitrogens with zero attached hydrogens (tertiary/aromatic N) is 3. The van der Waals surface area contributed by atoms with E-state index in [1.807, 2.05) is 0 Å². The standard InChI is InChI=1S/C16H19N5O5S/c1-2-26-16(23)20-7-5-10(6-8-20)17-14(22)19-15-18-12-4-3-11(21(24)25)9-13(12)27-15/h3-4,9-10H,2,5-8H2,1H3,(H2,17,18,19,22). The van der Waals surface area contributed by atoms with Crippen LogP contribution in [0.15, 0.2) is 18.2 Å². The highest BCUT2D eigenvalue weighted by Gasteiger charge is 2.24. The summed E-state index contributed by atoms with van der Waals surface area (Å²) in [7, 11) is 0. The number of urea groups is 1. The smallest absolute Gasteiger partial charge is 0.409 e. The van der Waals surface area contributed by atoms with Crippen molar-refractivity contribution >= 4 is 44.5 Å². The van der Waals surface area contributed by atoms with Gasteiger partial charge in [-0.15, -0.1) is 0 Å². The number of carbonyl (C=O) groups is 2. The lowest BCUT2D eigenvalue weighted by atomic mass is 10.1. The first kappa shape index (κ1) is 18.8. The van der Waals surface area contributed by atoms with Crippen LogP contribution in [0.2, 0.25) is 0 Å². The monoisotopic (exact) mass is 393 g/mol. The van der Waals surface area contributed by atoms with Gasteiger partial charge in [0.2, 0.25) is 0 Å². The average molecular weight is 393 g/mol. The molecule has 3 amide bonds. The quantitative estimate of drug-likeness (QED) is 0.607. The van der Waals surface area contributed by atoms with Gasteiger partial charge in [0, 0.05) is 31.3 Å². The first-order valence-corrected chi connectivity index (χ1v) is 9.32. The summed E-state index contributed by atoms with van der Waals surface area (Å²) >= 11 is 1.17. The molecular weight excluding hydrogens is 374 g/mol. The van der Waals surface area contributed by atoms with E-state index in [2.05, 4.69) is 15.6 Å². The topological polar surface area (TPSA) is 127 Å². The highest BCUT2D eigenvalue weighted by molar-refractivity contribution is 7.22. The molecule has 11 heteroatoms. The molecule has 3 rings (SSSR count). The third-order valence-corrected chi connectivity index (χ3v) is 5.09. The summed E-state index contributed by atoms with van der Waals surface area (Å²) < 4.78 is 5.59. The largest absolute Gasteiger partial charge is 0.450 e. The fraction of sp³-hybridized carbons (Fsp3) is 0.438. The molecule has 0 radical (unpaired) electrons. The molecule has 2 aromatic rings. The van der Waals surface area contributed by atoms with Gasteiger partial charge >= 0.3 is 12.1 Å². The van der Waals surface area contributed by atoms with Crippen molar-refractivity contribution in [2.24, 2.45) is 0 Å². The molecule has 0 bridgehead atoms. The van der Waals surface area contributed by atoms with Crippen molar-refractivity contribution in [1.29, 1.82) is 0 Å². The number of rotatable bonds is 4. The van der Waals surface area contributed by atoms with Gasteiger partial charge in [-0.1, -0.05) is 11.3 Å². The molecule has 0 spiro atoms. The first-order chi connectivity index (χ1) is 13.0. The third-order valence-electron chi connectivity index (χ3n) is 4.16. The molecule has 1 saturated heterocycles. The van der Waals surface area contributed by atoms with Gasteiger partial charge in [-0.25, -0.2) is 14.6 Å². The maximum absolute atomic E-state index is 12.2. The van der Waals surface area contributed by atoms with Crippen LogP contribution >= 0.6 is 11.3 Å². The second-order valence-corrected chi connectivity index (χ2v) is 7.02. The summed E-state index contributed by atoms with van der Waals surface area (Å²) in [6, 6.07) is 3.92. The number of non-ortho nitro benzene ring substituents is 1. The van der Waals surface area contributed by atoms with Gasteiger partial charge in [0.25, 0.3) is 5.69 Å². The Morgan fingerprint density at radius 1 is 1.41 bits per heavy atom. The summed E-state index contributed by atoms with van der Waals surface area (Å²) in [4.78, 5) is 40.1. The Hall–Kier alpha value is -2.95. The van der Waals surface area contributed by atoms with Crippen molar-refractivity contribution in [2.45, 2.75) is 25.8 Å². The first-order valence-electron chi connectivity index (χ1n) is 8.50. The Labute approximate surface area is 158 Å². The average Bonchev–Trinajstić information content (AvgIpc) is 3.03. The number of carbonyl (C=O) groups excluding carboxylic acids is 2. The zero-order chi connectivity index (χ0) is 19.4. The minimum Gasteiger partial charge on any atom is -0.450 e. The SMILES string of the molecule is CCOC(=O)N1CCC(NC(=O)Nc2nc3ccc([N+](=O)[O-])cc3s2)CC1. The maximum atomic E-state index is 12.2. The summed E-state index contributed by atoms with van der Waals surface area (Å²) in [5.74, 6) is 0. The molecule has 0 saturated carbocycles. The molecule has 144 valence electrons. The number of piperidine rings is 1. The molecule has 27 heavy (non-hydrogen) atoms. The molecule has 2 N–H and O–H groups in total. The Morgan fingerprint density at radius 3 is 2.81 bits per heavy atom. The number of amides is 3. The van der Waals surface area contributed by atoms with Gasteiger partial charge in [0.15, 0.2) is 5.13 Å². The fourth-order valence-electron chi connectivity index (χ4n) is 2.82. The number of ether oxygens (including phenoxy) is 1. The van der Waals surface area contributed by atoms with Crippen LogP contribution in [0.3, 0.4) is 0 Å². The van der Waals surface area contributed by atoms with E-state index in [-0.39, 0.29) is 17.8 Å². The zero-order valence-corrected chi connectivity index (χ0v) is 15.5. The zero-order valence-electron chi connectivity index (χ0n) is 14.6. The number of nitrogens with one attached hydrogen (secondary N) is 2. The molecule has 1 aliphatic heterocycles. The number of thiazole rings is 1. The Balaban J connectivity index is 1.53. The second-order valence-electron chi connectivity index (χ2n) is 5.99. The number of hydrogen-bond donors (Lipinski definition) is 2. The van der Waals surface area contributed by atoms with Crippen molar-refractivity contribution in [3.05, 3.63) is 28.3 Å². The number of anilines is 1. The number of fused-ring (bicyclic) bond motifs is 1. The van der Waals surface area contributed by atoms with Gasteiger partial charge in [-0.2, -0.15) is 0 Å². The number of aromatic nitrogens is 1. The third kappa shape index (κ3) is 4.61. The van der Waals surface area contributed by atoms with Gasteiger partial charge in [-0.05, 0) is 25.8 Å². The maximum Gasteiger partial charge on any atom is 0.409 e. The van der Waals surface area contributed by atoms with Crippen LogP contribution < -0.4 is 10.6 Å². The van der Waals surface area contributed by atoms with Crippen molar-refractivity contribution in [3.8, 4) is 0 Å². The van der Waals surface area contributed by atoms with Crippen LogP contribution in [0.1, 0.15) is 19.8 Å². The summed E-state index contributed by atoms with van der Waals surface area (Å²) in [6.45, 7) is 3.14. The molecular formula is C16H19N5O5S. The minimum absolute atomic E-state index is 0.0180. The Kier molecular flexibility index (Phi) is 5.69. The van der Waals surface area contributed by atoms with E-state index in [1.165, 1.54) is 23.5 Å². The molecule has 1 aromatic heterocycles. The number of hydrogen-bond acceptors (Lipinski definition) is 7. The van der Waals surface area contributed by atoms with Crippen molar-refractivity contribution < 1.29 is 19.2 Å². The van der Waals surface area contributed by atoms with Crippen LogP contribution in [0, 0.1) is 10.1 Å². The molecule has 1 fully saturated rings. The number of likely N-dealkylation sites (tertiary alicyclic amines) is 1. The second kappa shape index (κ2) is 8.16. The number of nitro benzene ring substituents is 1. The number of nitro groups is 1. The van der Waals surface area contributed by atoms with E-state index in [1.54, 1.807) is 17.9 Å². The van der Waals surface area contributed by atoms with Crippen LogP contribution in [0.25, 0.3) is 10.2 Å². The van der Waals surface area contributed by atoms with Crippen molar-refractivity contribution in [3.63, 3.8) is 0 Å². The highest BCUT2D eigenvalue weighted by atomic mass is 32.1. The van der Waals surface area contributed by atoms with Crippen LogP contribution in [-0.2, 0) is 4.74 Å². The lowest BCUT2D eigenvalue weighted by Crippen LogP contribution is -2.47. The lowest BCUT2D eigenvalue weighted by molar-refractivity contribution is -0.384. The Bertz CT molecular complexity index is 862. The van der Waals surface area contributed by atoms with Crippen LogP contribution in [0.4, 0.5) is 20.4 Å². The molecule has 2 heterocycles. The molecule has 1 aliphatic rings. The lowest BCUT2D eigenvalue weighted by Gasteiger charge is -2.31. The highest BCUT2D eigenvalue weighted by Crippen LogP contribution is 2.29. The normalized spacial score (nSPS) is 14.8. The van der Waals surface area contributed by atoms with Gasteiger partial charge in [-0.3, -0.25) is 15.4 Å². The van der Waals surface area contributed by atoms with Crippen molar-refractivity contribution in [1.82, 2.24) is 15.2 Å². The molecule has 1 aromatic carbocycles. The van der Waals surface area contributed by atoms with E-state index >= 15 is 0 Å². The number of benzene rings is 1. The summed E-state index contributed by atoms with van der Waals surface area (Å²) in [6.07, 6.45) is 0.945. The minimum atomic E-state index is -0.471.